The summed E-state index contributed by atoms with van der Waals surface area (Å²) < 4.78 is 0. The number of carbonyl (C=O) groups is 1. The lowest BCUT2D eigenvalue weighted by Gasteiger charge is -2.28. The summed E-state index contributed by atoms with van der Waals surface area (Å²) in [4.78, 5) is 11.3. The molecule has 2 aliphatic rings. The third-order valence-electron chi connectivity index (χ3n) is 2.81. The van der Waals surface area contributed by atoms with Crippen molar-refractivity contribution in [1.82, 2.24) is 10.6 Å². The molecule has 3 nitrogen and oxygen atoms in total. The Morgan fingerprint density at radius 3 is 2.67 bits per heavy atom. The van der Waals surface area contributed by atoms with Crippen LogP contribution in [0, 0.1) is 11.3 Å². The fraction of sp³-hybridized carbons (Fsp3) is 0.875. The number of amides is 1. The van der Waals surface area contributed by atoms with Crippen molar-refractivity contribution in [3.63, 3.8) is 0 Å². The molecule has 4 heteroatoms. The van der Waals surface area contributed by atoms with Crippen molar-refractivity contribution in [2.24, 2.45) is 11.3 Å². The van der Waals surface area contributed by atoms with E-state index >= 15 is 0 Å². The Hall–Kier alpha value is -0.280. The van der Waals surface area contributed by atoms with Gasteiger partial charge in [0.2, 0.25) is 5.91 Å². The molecule has 0 aromatic carbocycles. The Kier molecular flexibility index (Phi) is 2.64. The highest BCUT2D eigenvalue weighted by Gasteiger charge is 2.61. The molecule has 70 valence electrons. The van der Waals surface area contributed by atoms with Gasteiger partial charge in [-0.15, -0.1) is 12.4 Å². The maximum absolute atomic E-state index is 11.3. The summed E-state index contributed by atoms with van der Waals surface area (Å²) in [5.74, 6) is 0.581. The number of hydrogen-bond donors (Lipinski definition) is 2. The molecule has 1 saturated carbocycles. The van der Waals surface area contributed by atoms with Gasteiger partial charge in [0.1, 0.15) is 0 Å². The van der Waals surface area contributed by atoms with Gasteiger partial charge in [0.05, 0.1) is 0 Å². The molecule has 0 aromatic rings. The summed E-state index contributed by atoms with van der Waals surface area (Å²) in [6.07, 6.45) is 1.10. The smallest absolute Gasteiger partial charge is 0.223 e. The van der Waals surface area contributed by atoms with E-state index in [1.807, 2.05) is 6.92 Å². The summed E-state index contributed by atoms with van der Waals surface area (Å²) in [5.41, 5.74) is 0.388. The number of halogens is 1. The van der Waals surface area contributed by atoms with Crippen LogP contribution in [-0.2, 0) is 4.79 Å². The minimum atomic E-state index is 0. The van der Waals surface area contributed by atoms with E-state index in [4.69, 9.17) is 0 Å². The van der Waals surface area contributed by atoms with Crippen molar-refractivity contribution in [2.45, 2.75) is 13.3 Å². The van der Waals surface area contributed by atoms with Crippen LogP contribution < -0.4 is 10.6 Å². The normalized spacial score (nSPS) is 28.6. The van der Waals surface area contributed by atoms with Gasteiger partial charge in [-0.1, -0.05) is 0 Å². The first kappa shape index (κ1) is 9.81. The van der Waals surface area contributed by atoms with Crippen LogP contribution in [0.15, 0.2) is 0 Å². The zero-order valence-electron chi connectivity index (χ0n) is 7.22. The van der Waals surface area contributed by atoms with Crippen LogP contribution in [0.4, 0.5) is 0 Å². The Morgan fingerprint density at radius 2 is 2.33 bits per heavy atom. The number of carbonyl (C=O) groups excluding carboxylic acids is 1. The SMILES string of the molecule is CCNC(=O)C1CC12CNC2.Cl. The summed E-state index contributed by atoms with van der Waals surface area (Å²) >= 11 is 0. The lowest BCUT2D eigenvalue weighted by Crippen LogP contribution is -2.47. The van der Waals surface area contributed by atoms with E-state index in [0.717, 1.165) is 26.1 Å². The second kappa shape index (κ2) is 3.23. The standard InChI is InChI=1S/C8H14N2O.ClH/c1-2-10-7(11)6-3-8(6)4-9-5-8;/h6,9H,2-5H2,1H3,(H,10,11);1H. The molecule has 0 bridgehead atoms. The zero-order chi connectivity index (χ0) is 7.90. The molecular weight excluding hydrogens is 176 g/mol. The molecule has 0 aromatic heterocycles. The molecule has 1 spiro atoms. The quantitative estimate of drug-likeness (QED) is 0.651. The second-order valence-corrected chi connectivity index (χ2v) is 3.62. The number of hydrogen-bond acceptors (Lipinski definition) is 2. The molecule has 1 aliphatic carbocycles. The van der Waals surface area contributed by atoms with Crippen LogP contribution in [-0.4, -0.2) is 25.5 Å². The van der Waals surface area contributed by atoms with Crippen LogP contribution in [0.5, 0.6) is 0 Å². The summed E-state index contributed by atoms with van der Waals surface area (Å²) in [6.45, 7) is 4.83. The molecule has 2 fully saturated rings. The molecule has 1 atom stereocenters. The Morgan fingerprint density at radius 1 is 1.67 bits per heavy atom. The second-order valence-electron chi connectivity index (χ2n) is 3.62. The van der Waals surface area contributed by atoms with Gasteiger partial charge in [0.25, 0.3) is 0 Å². The highest BCUT2D eigenvalue weighted by Crippen LogP contribution is 2.55. The van der Waals surface area contributed by atoms with E-state index in [9.17, 15) is 4.79 Å². The Labute approximate surface area is 78.7 Å². The van der Waals surface area contributed by atoms with Crippen molar-refractivity contribution < 1.29 is 4.79 Å². The van der Waals surface area contributed by atoms with Gasteiger partial charge in [0.15, 0.2) is 0 Å². The molecule has 1 heterocycles. The first-order valence-corrected chi connectivity index (χ1v) is 4.27. The third kappa shape index (κ3) is 1.31. The molecule has 0 radical (unpaired) electrons. The fourth-order valence-electron chi connectivity index (χ4n) is 1.85. The molecule has 12 heavy (non-hydrogen) atoms. The predicted molar refractivity (Wildman–Crippen MR) is 49.3 cm³/mol. The van der Waals surface area contributed by atoms with Crippen molar-refractivity contribution >= 4 is 18.3 Å². The summed E-state index contributed by atoms with van der Waals surface area (Å²) in [6, 6.07) is 0. The van der Waals surface area contributed by atoms with E-state index in [2.05, 4.69) is 10.6 Å². The van der Waals surface area contributed by atoms with Gasteiger partial charge in [-0.05, 0) is 13.3 Å². The number of rotatable bonds is 2. The van der Waals surface area contributed by atoms with Gasteiger partial charge in [-0.25, -0.2) is 0 Å². The largest absolute Gasteiger partial charge is 0.356 e. The van der Waals surface area contributed by atoms with E-state index in [0.29, 0.717) is 11.3 Å². The maximum Gasteiger partial charge on any atom is 0.223 e. The molecule has 2 rings (SSSR count). The Bertz CT molecular complexity index is 191. The van der Waals surface area contributed by atoms with Crippen LogP contribution in [0.1, 0.15) is 13.3 Å². The van der Waals surface area contributed by atoms with Gasteiger partial charge in [0, 0.05) is 31.0 Å². The average molecular weight is 191 g/mol. The summed E-state index contributed by atoms with van der Waals surface area (Å²) in [5, 5.41) is 6.08. The van der Waals surface area contributed by atoms with Gasteiger partial charge in [-0.3, -0.25) is 4.79 Å². The molecule has 1 unspecified atom stereocenters. The van der Waals surface area contributed by atoms with E-state index < -0.39 is 0 Å². The first-order chi connectivity index (χ1) is 5.28. The van der Waals surface area contributed by atoms with Crippen LogP contribution >= 0.6 is 12.4 Å². The highest BCUT2D eigenvalue weighted by molar-refractivity contribution is 5.85. The van der Waals surface area contributed by atoms with Gasteiger partial charge in [-0.2, -0.15) is 0 Å². The first-order valence-electron chi connectivity index (χ1n) is 4.27. The fourth-order valence-corrected chi connectivity index (χ4v) is 1.85. The molecule has 2 N–H and O–H groups in total. The average Bonchev–Trinajstić information content (AvgIpc) is 2.60. The molecule has 1 saturated heterocycles. The predicted octanol–water partition coefficient (Wildman–Crippen LogP) is 0.154. The van der Waals surface area contributed by atoms with E-state index in [1.54, 1.807) is 0 Å². The monoisotopic (exact) mass is 190 g/mol. The maximum atomic E-state index is 11.3. The van der Waals surface area contributed by atoms with Crippen molar-refractivity contribution in [1.29, 1.82) is 0 Å². The van der Waals surface area contributed by atoms with Gasteiger partial charge >= 0.3 is 0 Å². The van der Waals surface area contributed by atoms with E-state index in [-0.39, 0.29) is 18.3 Å². The summed E-state index contributed by atoms with van der Waals surface area (Å²) in [7, 11) is 0. The van der Waals surface area contributed by atoms with Crippen LogP contribution in [0.2, 0.25) is 0 Å². The molecular formula is C8H15ClN2O. The highest BCUT2D eigenvalue weighted by atomic mass is 35.5. The molecule has 1 aliphatic heterocycles. The minimum Gasteiger partial charge on any atom is -0.356 e. The van der Waals surface area contributed by atoms with Crippen molar-refractivity contribution in [3.8, 4) is 0 Å². The lowest BCUT2D eigenvalue weighted by molar-refractivity contribution is -0.123. The zero-order valence-corrected chi connectivity index (χ0v) is 8.04. The molecule has 1 amide bonds. The van der Waals surface area contributed by atoms with Crippen LogP contribution in [0.25, 0.3) is 0 Å². The number of nitrogens with one attached hydrogen (secondary N) is 2. The third-order valence-corrected chi connectivity index (χ3v) is 2.81. The topological polar surface area (TPSA) is 41.1 Å². The van der Waals surface area contributed by atoms with Crippen molar-refractivity contribution in [2.75, 3.05) is 19.6 Å². The van der Waals surface area contributed by atoms with E-state index in [1.165, 1.54) is 0 Å². The van der Waals surface area contributed by atoms with Gasteiger partial charge < -0.3 is 10.6 Å². The Balaban J connectivity index is 0.000000720. The lowest BCUT2D eigenvalue weighted by atomic mass is 9.96. The van der Waals surface area contributed by atoms with Crippen LogP contribution in [0.3, 0.4) is 0 Å². The minimum absolute atomic E-state index is 0. The van der Waals surface area contributed by atoms with Crippen molar-refractivity contribution in [3.05, 3.63) is 0 Å².